The number of ether oxygens (including phenoxy) is 1. The van der Waals surface area contributed by atoms with Crippen molar-refractivity contribution in [2.75, 3.05) is 13.1 Å². The van der Waals surface area contributed by atoms with Gasteiger partial charge in [-0.3, -0.25) is 0 Å². The number of carbonyl (C=O) groups is 2. The molecule has 0 aromatic rings. The summed E-state index contributed by atoms with van der Waals surface area (Å²) in [5.74, 6) is 0. The summed E-state index contributed by atoms with van der Waals surface area (Å²) in [6.07, 6.45) is -3.03. The number of nitrogens with zero attached hydrogens (tertiary/aromatic N) is 1. The van der Waals surface area contributed by atoms with Gasteiger partial charge in [0.05, 0.1) is 6.04 Å². The van der Waals surface area contributed by atoms with Gasteiger partial charge in [0, 0.05) is 13.1 Å². The van der Waals surface area contributed by atoms with Crippen molar-refractivity contribution in [2.24, 2.45) is 0 Å². The molecule has 0 spiro atoms. The zero-order valence-electron chi connectivity index (χ0n) is 10.8. The third-order valence-electron chi connectivity index (χ3n) is 2.50. The molecule has 1 rings (SSSR count). The van der Waals surface area contributed by atoms with E-state index in [1.807, 2.05) is 0 Å². The molecule has 0 radical (unpaired) electrons. The Morgan fingerprint density at radius 2 is 2.06 bits per heavy atom. The maximum absolute atomic E-state index is 13.6. The standard InChI is InChI=1S/C11H19FN2O4/c1-11(2,3)18-9(15)13-8-6-14(10(16)17)5-4-7(8)12/h7-8H,4-6H2,1-3H3,(H,13,15)(H,16,17)/t7-,8+/m0/s1. The molecule has 1 aliphatic rings. The van der Waals surface area contributed by atoms with Gasteiger partial charge < -0.3 is 20.1 Å². The largest absolute Gasteiger partial charge is 0.465 e. The van der Waals surface area contributed by atoms with E-state index in [1.54, 1.807) is 20.8 Å². The van der Waals surface area contributed by atoms with Crippen LogP contribution in [0.15, 0.2) is 0 Å². The van der Waals surface area contributed by atoms with Gasteiger partial charge in [-0.25, -0.2) is 14.0 Å². The Balaban J connectivity index is 2.53. The second-order valence-corrected chi connectivity index (χ2v) is 5.29. The van der Waals surface area contributed by atoms with Gasteiger partial charge >= 0.3 is 12.2 Å². The molecule has 0 unspecified atom stereocenters. The van der Waals surface area contributed by atoms with Crippen LogP contribution in [0.1, 0.15) is 27.2 Å². The lowest BCUT2D eigenvalue weighted by Crippen LogP contribution is -2.55. The summed E-state index contributed by atoms with van der Waals surface area (Å²) in [4.78, 5) is 23.3. The zero-order chi connectivity index (χ0) is 13.9. The highest BCUT2D eigenvalue weighted by Crippen LogP contribution is 2.15. The van der Waals surface area contributed by atoms with Crippen LogP contribution in [0.25, 0.3) is 0 Å². The van der Waals surface area contributed by atoms with Gasteiger partial charge in [-0.05, 0) is 27.2 Å². The molecule has 0 aromatic heterocycles. The molecule has 7 heteroatoms. The van der Waals surface area contributed by atoms with E-state index in [4.69, 9.17) is 9.84 Å². The van der Waals surface area contributed by atoms with Crippen LogP contribution in [0.4, 0.5) is 14.0 Å². The Bertz CT molecular complexity index is 329. The van der Waals surface area contributed by atoms with Crippen molar-refractivity contribution in [1.82, 2.24) is 10.2 Å². The average molecular weight is 262 g/mol. The Morgan fingerprint density at radius 1 is 1.44 bits per heavy atom. The second kappa shape index (κ2) is 5.41. The number of amides is 2. The van der Waals surface area contributed by atoms with E-state index >= 15 is 0 Å². The molecule has 0 bridgehead atoms. The van der Waals surface area contributed by atoms with Gasteiger partial charge in [0.1, 0.15) is 11.8 Å². The molecule has 1 aliphatic heterocycles. The number of halogens is 1. The van der Waals surface area contributed by atoms with E-state index in [1.165, 1.54) is 0 Å². The highest BCUT2D eigenvalue weighted by atomic mass is 19.1. The molecule has 1 fully saturated rings. The molecular weight excluding hydrogens is 243 g/mol. The molecule has 0 saturated carbocycles. The number of piperidine rings is 1. The molecule has 1 heterocycles. The van der Waals surface area contributed by atoms with Gasteiger partial charge in [0.25, 0.3) is 0 Å². The fraction of sp³-hybridized carbons (Fsp3) is 0.818. The van der Waals surface area contributed by atoms with Crippen LogP contribution < -0.4 is 5.32 Å². The van der Waals surface area contributed by atoms with Crippen molar-refractivity contribution < 1.29 is 23.8 Å². The van der Waals surface area contributed by atoms with Crippen molar-refractivity contribution in [3.05, 3.63) is 0 Å². The minimum absolute atomic E-state index is 0.0598. The van der Waals surface area contributed by atoms with Crippen LogP contribution in [0.5, 0.6) is 0 Å². The summed E-state index contributed by atoms with van der Waals surface area (Å²) in [5, 5.41) is 11.2. The Hall–Kier alpha value is -1.53. The summed E-state index contributed by atoms with van der Waals surface area (Å²) >= 11 is 0. The van der Waals surface area contributed by atoms with Crippen LogP contribution in [-0.4, -0.2) is 53.1 Å². The number of alkyl halides is 1. The number of alkyl carbamates (subject to hydrolysis) is 1. The third kappa shape index (κ3) is 4.38. The van der Waals surface area contributed by atoms with Crippen LogP contribution in [-0.2, 0) is 4.74 Å². The molecule has 18 heavy (non-hydrogen) atoms. The molecule has 6 nitrogen and oxygen atoms in total. The van der Waals surface area contributed by atoms with Crippen molar-refractivity contribution >= 4 is 12.2 Å². The molecule has 0 aliphatic carbocycles. The number of likely N-dealkylation sites (tertiary alicyclic amines) is 1. The van der Waals surface area contributed by atoms with Gasteiger partial charge in [0.15, 0.2) is 0 Å². The minimum atomic E-state index is -1.26. The lowest BCUT2D eigenvalue weighted by atomic mass is 10.0. The zero-order valence-corrected chi connectivity index (χ0v) is 10.8. The lowest BCUT2D eigenvalue weighted by Gasteiger charge is -2.34. The molecule has 0 aromatic carbocycles. The van der Waals surface area contributed by atoms with Crippen molar-refractivity contribution in [3.63, 3.8) is 0 Å². The minimum Gasteiger partial charge on any atom is -0.465 e. The molecule has 104 valence electrons. The second-order valence-electron chi connectivity index (χ2n) is 5.29. The molecule has 1 saturated heterocycles. The number of rotatable bonds is 1. The molecular formula is C11H19FN2O4. The van der Waals surface area contributed by atoms with Gasteiger partial charge in [-0.1, -0.05) is 0 Å². The highest BCUT2D eigenvalue weighted by Gasteiger charge is 2.33. The number of nitrogens with one attached hydrogen (secondary N) is 1. The van der Waals surface area contributed by atoms with Crippen LogP contribution >= 0.6 is 0 Å². The quantitative estimate of drug-likeness (QED) is 0.752. The first-order valence-electron chi connectivity index (χ1n) is 5.80. The smallest absolute Gasteiger partial charge is 0.408 e. The predicted octanol–water partition coefficient (Wildman–Crippen LogP) is 1.60. The summed E-state index contributed by atoms with van der Waals surface area (Å²) < 4.78 is 18.6. The number of carbonyl (C=O) groups excluding carboxylic acids is 1. The average Bonchev–Trinajstić information content (AvgIpc) is 2.18. The third-order valence-corrected chi connectivity index (χ3v) is 2.50. The maximum atomic E-state index is 13.6. The summed E-state index contributed by atoms with van der Waals surface area (Å²) in [7, 11) is 0. The van der Waals surface area contributed by atoms with Crippen LogP contribution in [0.3, 0.4) is 0 Å². The van der Waals surface area contributed by atoms with E-state index in [9.17, 15) is 14.0 Å². The first-order valence-corrected chi connectivity index (χ1v) is 5.80. The first-order chi connectivity index (χ1) is 8.19. The lowest BCUT2D eigenvalue weighted by molar-refractivity contribution is 0.0393. The predicted molar refractivity (Wildman–Crippen MR) is 62.3 cm³/mol. The van der Waals surface area contributed by atoms with E-state index in [0.717, 1.165) is 4.90 Å². The fourth-order valence-electron chi connectivity index (χ4n) is 1.69. The van der Waals surface area contributed by atoms with Crippen LogP contribution in [0.2, 0.25) is 0 Å². The van der Waals surface area contributed by atoms with E-state index < -0.39 is 30.0 Å². The molecule has 2 amide bonds. The summed E-state index contributed by atoms with van der Waals surface area (Å²) in [6.45, 7) is 5.18. The highest BCUT2D eigenvalue weighted by molar-refractivity contribution is 5.69. The van der Waals surface area contributed by atoms with E-state index in [-0.39, 0.29) is 19.5 Å². The molecule has 2 N–H and O–H groups in total. The van der Waals surface area contributed by atoms with Crippen molar-refractivity contribution in [3.8, 4) is 0 Å². The summed E-state index contributed by atoms with van der Waals surface area (Å²) in [5.41, 5.74) is -0.670. The fourth-order valence-corrected chi connectivity index (χ4v) is 1.69. The van der Waals surface area contributed by atoms with Gasteiger partial charge in [-0.15, -0.1) is 0 Å². The van der Waals surface area contributed by atoms with Crippen molar-refractivity contribution in [1.29, 1.82) is 0 Å². The number of hydrogen-bond donors (Lipinski definition) is 2. The van der Waals surface area contributed by atoms with Gasteiger partial charge in [0.2, 0.25) is 0 Å². The first kappa shape index (κ1) is 14.5. The van der Waals surface area contributed by atoms with Crippen LogP contribution in [0, 0.1) is 0 Å². The maximum Gasteiger partial charge on any atom is 0.408 e. The number of carboxylic acid groups (broad SMARTS) is 1. The van der Waals surface area contributed by atoms with E-state index in [0.29, 0.717) is 0 Å². The van der Waals surface area contributed by atoms with Gasteiger partial charge in [-0.2, -0.15) is 0 Å². The monoisotopic (exact) mass is 262 g/mol. The summed E-state index contributed by atoms with van der Waals surface area (Å²) in [6, 6.07) is -0.857. The topological polar surface area (TPSA) is 78.9 Å². The van der Waals surface area contributed by atoms with Crippen molar-refractivity contribution in [2.45, 2.75) is 45.0 Å². The normalized spacial score (nSPS) is 24.6. The molecule has 2 atom stereocenters. The Morgan fingerprint density at radius 3 is 2.56 bits per heavy atom. The van der Waals surface area contributed by atoms with E-state index in [2.05, 4.69) is 5.32 Å². The number of hydrogen-bond acceptors (Lipinski definition) is 3. The Labute approximate surface area is 105 Å². The SMILES string of the molecule is CC(C)(C)OC(=O)N[C@@H]1CN(C(=O)O)CC[C@@H]1F. The Kier molecular flexibility index (Phi) is 4.37.